The molecule has 1 fully saturated rings. The monoisotopic (exact) mass is 464 g/mol. The van der Waals surface area contributed by atoms with Crippen molar-refractivity contribution in [2.75, 3.05) is 6.61 Å². The van der Waals surface area contributed by atoms with Gasteiger partial charge in [-0.05, 0) is 47.4 Å². The zero-order valence-corrected chi connectivity index (χ0v) is 19.5. The Morgan fingerprint density at radius 3 is 2.15 bits per heavy atom. The summed E-state index contributed by atoms with van der Waals surface area (Å²) in [6, 6.07) is 15.6. The number of nitrogens with one attached hydrogen (secondary N) is 2. The quantitative estimate of drug-likeness (QED) is 0.456. The highest BCUT2D eigenvalue weighted by atomic mass is 16.5. The summed E-state index contributed by atoms with van der Waals surface area (Å²) in [5.74, 6) is -0.952. The van der Waals surface area contributed by atoms with Gasteiger partial charge in [0.05, 0.1) is 6.42 Å². The Kier molecular flexibility index (Phi) is 7.50. The maximum absolute atomic E-state index is 12.7. The van der Waals surface area contributed by atoms with Crippen molar-refractivity contribution in [1.29, 1.82) is 0 Å². The van der Waals surface area contributed by atoms with E-state index in [0.717, 1.165) is 30.4 Å². The van der Waals surface area contributed by atoms with Crippen LogP contribution >= 0.6 is 0 Å². The predicted molar refractivity (Wildman–Crippen MR) is 128 cm³/mol. The van der Waals surface area contributed by atoms with Crippen molar-refractivity contribution in [2.45, 2.75) is 63.5 Å². The third-order valence-corrected chi connectivity index (χ3v) is 6.67. The highest BCUT2D eigenvalue weighted by Crippen LogP contribution is 2.44. The van der Waals surface area contributed by atoms with Crippen LogP contribution in [0.1, 0.15) is 62.5 Å². The fourth-order valence-electron chi connectivity index (χ4n) is 4.90. The molecule has 0 heterocycles. The number of fused-ring (bicyclic) bond motifs is 3. The molecule has 2 amide bonds. The predicted octanol–water partition coefficient (Wildman–Crippen LogP) is 4.45. The zero-order valence-electron chi connectivity index (χ0n) is 19.5. The van der Waals surface area contributed by atoms with Gasteiger partial charge < -0.3 is 20.5 Å². The van der Waals surface area contributed by atoms with Gasteiger partial charge in [-0.25, -0.2) is 4.79 Å². The fraction of sp³-hybridized carbons (Fsp3) is 0.444. The van der Waals surface area contributed by atoms with E-state index < -0.39 is 18.1 Å². The Morgan fingerprint density at radius 2 is 1.59 bits per heavy atom. The van der Waals surface area contributed by atoms with Gasteiger partial charge >= 0.3 is 12.1 Å². The molecule has 0 bridgehead atoms. The van der Waals surface area contributed by atoms with Crippen LogP contribution in [0.15, 0.2) is 48.5 Å². The van der Waals surface area contributed by atoms with Crippen molar-refractivity contribution in [3.63, 3.8) is 0 Å². The maximum Gasteiger partial charge on any atom is 0.407 e. The number of rotatable bonds is 11. The van der Waals surface area contributed by atoms with E-state index in [1.165, 1.54) is 11.1 Å². The molecular formula is C27H32N2O5. The molecule has 2 aromatic carbocycles. The minimum Gasteiger partial charge on any atom is -0.481 e. The van der Waals surface area contributed by atoms with Crippen molar-refractivity contribution in [3.8, 4) is 11.1 Å². The van der Waals surface area contributed by atoms with Crippen LogP contribution in [0.2, 0.25) is 0 Å². The fourth-order valence-corrected chi connectivity index (χ4v) is 4.90. The summed E-state index contributed by atoms with van der Waals surface area (Å²) >= 11 is 0. The minimum atomic E-state index is -0.936. The first kappa shape index (κ1) is 23.8. The van der Waals surface area contributed by atoms with Crippen LogP contribution in [0.3, 0.4) is 0 Å². The molecule has 0 spiro atoms. The summed E-state index contributed by atoms with van der Waals surface area (Å²) in [6.07, 6.45) is 2.78. The molecule has 0 radical (unpaired) electrons. The van der Waals surface area contributed by atoms with E-state index in [1.807, 2.05) is 31.2 Å². The highest BCUT2D eigenvalue weighted by Gasteiger charge is 2.35. The minimum absolute atomic E-state index is 0.0216. The van der Waals surface area contributed by atoms with E-state index in [4.69, 9.17) is 9.84 Å². The molecule has 0 aromatic heterocycles. The van der Waals surface area contributed by atoms with E-state index in [9.17, 15) is 14.4 Å². The number of benzene rings is 2. The van der Waals surface area contributed by atoms with Crippen molar-refractivity contribution >= 4 is 18.0 Å². The first-order valence-corrected chi connectivity index (χ1v) is 12.1. The molecule has 1 unspecified atom stereocenters. The van der Waals surface area contributed by atoms with Crippen molar-refractivity contribution in [1.82, 2.24) is 10.6 Å². The lowest BCUT2D eigenvalue weighted by Gasteiger charge is -2.21. The Hall–Kier alpha value is -3.35. The number of hydrogen-bond donors (Lipinski definition) is 3. The summed E-state index contributed by atoms with van der Waals surface area (Å²) in [5.41, 5.74) is 4.63. The van der Waals surface area contributed by atoms with Gasteiger partial charge in [0.2, 0.25) is 5.91 Å². The van der Waals surface area contributed by atoms with E-state index in [0.29, 0.717) is 6.42 Å². The number of alkyl carbamates (subject to hydrolysis) is 1. The van der Waals surface area contributed by atoms with Crippen LogP contribution in [0, 0.1) is 5.92 Å². The molecule has 1 saturated carbocycles. The number of aliphatic carboxylic acids is 1. The van der Waals surface area contributed by atoms with Gasteiger partial charge in [0.15, 0.2) is 0 Å². The molecule has 34 heavy (non-hydrogen) atoms. The van der Waals surface area contributed by atoms with Gasteiger partial charge in [-0.15, -0.1) is 0 Å². The van der Waals surface area contributed by atoms with Crippen LogP contribution in [0.5, 0.6) is 0 Å². The number of carbonyl (C=O) groups is 3. The lowest BCUT2D eigenvalue weighted by Crippen LogP contribution is -2.43. The van der Waals surface area contributed by atoms with Crippen LogP contribution in [-0.4, -0.2) is 41.8 Å². The summed E-state index contributed by atoms with van der Waals surface area (Å²) in [5, 5.41) is 14.8. The van der Waals surface area contributed by atoms with E-state index in [2.05, 4.69) is 34.9 Å². The SMILES string of the molecule is CCC[C@@H](CC(=O)O)NC(=O)CC(NC(=O)OCC1c2ccccc2-c2ccccc21)C1CC1. The molecule has 180 valence electrons. The molecule has 0 saturated heterocycles. The number of ether oxygens (including phenoxy) is 1. The van der Waals surface area contributed by atoms with Crippen molar-refractivity contribution in [3.05, 3.63) is 59.7 Å². The maximum atomic E-state index is 12.7. The Balaban J connectivity index is 1.33. The second kappa shape index (κ2) is 10.7. The summed E-state index contributed by atoms with van der Waals surface area (Å²) < 4.78 is 5.64. The number of carboxylic acid groups (broad SMARTS) is 1. The Morgan fingerprint density at radius 1 is 0.971 bits per heavy atom. The number of carboxylic acids is 1. The molecule has 0 aliphatic heterocycles. The van der Waals surface area contributed by atoms with Crippen LogP contribution < -0.4 is 10.6 Å². The van der Waals surface area contributed by atoms with Gasteiger partial charge in [-0.1, -0.05) is 61.9 Å². The van der Waals surface area contributed by atoms with Crippen molar-refractivity contribution in [2.24, 2.45) is 5.92 Å². The zero-order chi connectivity index (χ0) is 24.1. The average Bonchev–Trinajstić information content (AvgIpc) is 3.60. The molecule has 4 rings (SSSR count). The normalized spacial score (nSPS) is 16.1. The number of hydrogen-bond acceptors (Lipinski definition) is 4. The largest absolute Gasteiger partial charge is 0.481 e. The lowest BCUT2D eigenvalue weighted by molar-refractivity contribution is -0.137. The van der Waals surface area contributed by atoms with Gasteiger partial charge in [0, 0.05) is 24.4 Å². The molecule has 2 aliphatic carbocycles. The smallest absolute Gasteiger partial charge is 0.407 e. The van der Waals surface area contributed by atoms with Gasteiger partial charge in [0.25, 0.3) is 0 Å². The lowest BCUT2D eigenvalue weighted by atomic mass is 9.98. The summed E-state index contributed by atoms with van der Waals surface area (Å²) in [4.78, 5) is 36.3. The van der Waals surface area contributed by atoms with E-state index >= 15 is 0 Å². The van der Waals surface area contributed by atoms with Crippen LogP contribution in [0.25, 0.3) is 11.1 Å². The first-order valence-electron chi connectivity index (χ1n) is 12.1. The molecular weight excluding hydrogens is 432 g/mol. The van der Waals surface area contributed by atoms with Crippen LogP contribution in [-0.2, 0) is 14.3 Å². The Labute approximate surface area is 199 Å². The standard InChI is InChI=1S/C27H32N2O5/c1-2-7-18(14-26(31)32)28-25(30)15-24(17-12-13-17)29-27(33)34-16-23-21-10-5-3-8-19(21)20-9-4-6-11-22(20)23/h3-6,8-11,17-18,23-24H,2,7,12-16H2,1H3,(H,28,30)(H,29,33)(H,31,32)/t18-,24?/m0/s1. The average molecular weight is 465 g/mol. The third kappa shape index (κ3) is 5.76. The molecule has 2 atom stereocenters. The first-order chi connectivity index (χ1) is 16.5. The molecule has 7 nitrogen and oxygen atoms in total. The topological polar surface area (TPSA) is 105 Å². The van der Waals surface area contributed by atoms with Gasteiger partial charge in [0.1, 0.15) is 6.61 Å². The number of carbonyl (C=O) groups excluding carboxylic acids is 2. The van der Waals surface area contributed by atoms with Gasteiger partial charge in [-0.3, -0.25) is 9.59 Å². The second-order valence-electron chi connectivity index (χ2n) is 9.27. The van der Waals surface area contributed by atoms with Crippen LogP contribution in [0.4, 0.5) is 4.79 Å². The second-order valence-corrected chi connectivity index (χ2v) is 9.27. The highest BCUT2D eigenvalue weighted by molar-refractivity contribution is 5.80. The Bertz CT molecular complexity index is 1000. The van der Waals surface area contributed by atoms with E-state index in [1.54, 1.807) is 0 Å². The third-order valence-electron chi connectivity index (χ3n) is 6.67. The summed E-state index contributed by atoms with van der Waals surface area (Å²) in [6.45, 7) is 2.17. The number of amides is 2. The molecule has 3 N–H and O–H groups in total. The molecule has 7 heteroatoms. The summed E-state index contributed by atoms with van der Waals surface area (Å²) in [7, 11) is 0. The van der Waals surface area contributed by atoms with E-state index in [-0.39, 0.29) is 43.2 Å². The molecule has 2 aromatic rings. The molecule has 2 aliphatic rings. The van der Waals surface area contributed by atoms with Gasteiger partial charge in [-0.2, -0.15) is 0 Å². The van der Waals surface area contributed by atoms with Crippen molar-refractivity contribution < 1.29 is 24.2 Å².